The molecule has 0 bridgehead atoms. The fourth-order valence-electron chi connectivity index (χ4n) is 7.13. The number of hydrogen-bond acceptors (Lipinski definition) is 11. The van der Waals surface area contributed by atoms with Crippen molar-refractivity contribution in [1.29, 1.82) is 0 Å². The Morgan fingerprint density at radius 2 is 1.76 bits per heavy atom. The molecule has 232 valence electrons. The Bertz CT molecular complexity index is 1310. The quantitative estimate of drug-likeness (QED) is 0.156. The van der Waals surface area contributed by atoms with Crippen LogP contribution in [-0.4, -0.2) is 113 Å². The van der Waals surface area contributed by atoms with Crippen LogP contribution in [0.4, 0.5) is 11.4 Å². The minimum absolute atomic E-state index is 0.00479. The van der Waals surface area contributed by atoms with Crippen LogP contribution in [0.5, 0.6) is 5.75 Å². The second-order valence-corrected chi connectivity index (χ2v) is 13.3. The number of anilines is 2. The topological polar surface area (TPSA) is 206 Å². The molecule has 0 aliphatic heterocycles. The van der Waals surface area contributed by atoms with Gasteiger partial charge in [-0.05, 0) is 65.3 Å². The number of aromatic hydroxyl groups is 1. The second kappa shape index (κ2) is 10.9. The van der Waals surface area contributed by atoms with Crippen molar-refractivity contribution in [2.45, 2.75) is 63.0 Å². The van der Waals surface area contributed by atoms with Crippen LogP contribution in [0, 0.1) is 23.7 Å². The number of nitrogens with zero attached hydrogens (tertiary/aromatic N) is 2. The normalized spacial score (nSPS) is 32.6. The van der Waals surface area contributed by atoms with Gasteiger partial charge < -0.3 is 46.6 Å². The summed E-state index contributed by atoms with van der Waals surface area (Å²) in [6, 6.07) is 0.665. The summed E-state index contributed by atoms with van der Waals surface area (Å²) in [4.78, 5) is 55.9. The first kappa shape index (κ1) is 31.8. The van der Waals surface area contributed by atoms with Crippen molar-refractivity contribution < 1.29 is 39.6 Å². The first-order valence-electron chi connectivity index (χ1n) is 14.1. The van der Waals surface area contributed by atoms with Gasteiger partial charge in [0.1, 0.15) is 17.8 Å². The molecule has 13 heteroatoms. The van der Waals surface area contributed by atoms with Crippen molar-refractivity contribution in [1.82, 2.24) is 10.2 Å². The van der Waals surface area contributed by atoms with Gasteiger partial charge in [0.25, 0.3) is 0 Å². The highest BCUT2D eigenvalue weighted by atomic mass is 16.4. The van der Waals surface area contributed by atoms with Crippen LogP contribution < -0.4 is 21.3 Å². The zero-order chi connectivity index (χ0) is 31.6. The summed E-state index contributed by atoms with van der Waals surface area (Å²) in [5.74, 6) is -8.54. The number of Topliss-reactive ketones (excluding diaryl/α,β-unsaturated/α-hetero) is 2. The van der Waals surface area contributed by atoms with E-state index in [1.165, 1.54) is 0 Å². The van der Waals surface area contributed by atoms with E-state index in [0.717, 1.165) is 0 Å². The Kier molecular flexibility index (Phi) is 8.24. The molecule has 3 aliphatic carbocycles. The Balaban J connectivity index is 1.80. The number of amides is 2. The number of fused-ring (bicyclic) bond motifs is 3. The average Bonchev–Trinajstić information content (AvgIpc) is 2.85. The van der Waals surface area contributed by atoms with E-state index in [9.17, 15) is 39.6 Å². The third-order valence-corrected chi connectivity index (χ3v) is 9.04. The summed E-state index contributed by atoms with van der Waals surface area (Å²) >= 11 is 0. The first-order valence-corrected chi connectivity index (χ1v) is 14.1. The molecular formula is C29H43N5O8. The van der Waals surface area contributed by atoms with Gasteiger partial charge in [-0.2, -0.15) is 0 Å². The Hall–Kier alpha value is -3.10. The lowest BCUT2D eigenvalue weighted by molar-refractivity contribution is -0.217. The molecule has 0 spiro atoms. The number of aliphatic hydroxyl groups excluding tert-OH is 2. The molecule has 0 aromatic heterocycles. The number of carbonyl (C=O) groups is 4. The van der Waals surface area contributed by atoms with E-state index in [1.54, 1.807) is 44.1 Å². The van der Waals surface area contributed by atoms with Gasteiger partial charge in [0, 0.05) is 37.3 Å². The summed E-state index contributed by atoms with van der Waals surface area (Å²) in [5, 5.41) is 51.5. The molecule has 2 amide bonds. The standard InChI is InChI=1S/C29H43N5O8/c1-28(2,3)31-11-17(35)32-15-10-16(33(4)5)13-8-12-9-14-21(34(6)7)24(38)20(27(30)41)26(40)29(14,42)25(39)18(12)23(37)19(13)22(15)36/h10,12,14,18,20-21,24-25,31,36,38-39,42H,8-9,11H2,1-7H3,(H2,30,41)(H,32,35)/t12-,14-,18?,20?,21+,24?,25?,29-/m0/s1. The van der Waals surface area contributed by atoms with Gasteiger partial charge in [-0.25, -0.2) is 0 Å². The zero-order valence-corrected chi connectivity index (χ0v) is 25.1. The molecule has 1 aromatic carbocycles. The fraction of sp³-hybridized carbons (Fsp3) is 0.655. The van der Waals surface area contributed by atoms with E-state index in [2.05, 4.69) is 10.6 Å². The molecule has 4 unspecified atom stereocenters. The molecule has 8 atom stereocenters. The maximum Gasteiger partial charge on any atom is 0.238 e. The zero-order valence-electron chi connectivity index (χ0n) is 25.1. The smallest absolute Gasteiger partial charge is 0.238 e. The number of likely N-dealkylation sites (N-methyl/N-ethyl adjacent to an activating group) is 1. The maximum atomic E-state index is 14.1. The van der Waals surface area contributed by atoms with Crippen LogP contribution in [-0.2, 0) is 20.8 Å². The van der Waals surface area contributed by atoms with Crippen LogP contribution in [0.3, 0.4) is 0 Å². The predicted molar refractivity (Wildman–Crippen MR) is 154 cm³/mol. The van der Waals surface area contributed by atoms with E-state index in [4.69, 9.17) is 5.73 Å². The Morgan fingerprint density at radius 1 is 1.14 bits per heavy atom. The summed E-state index contributed by atoms with van der Waals surface area (Å²) in [6.45, 7) is 5.64. The molecule has 2 fully saturated rings. The second-order valence-electron chi connectivity index (χ2n) is 13.3. The van der Waals surface area contributed by atoms with Crippen LogP contribution in [0.1, 0.15) is 43.1 Å². The highest BCUT2D eigenvalue weighted by Gasteiger charge is 2.69. The number of aliphatic hydroxyl groups is 3. The molecule has 2 saturated carbocycles. The summed E-state index contributed by atoms with van der Waals surface area (Å²) in [5.41, 5.74) is 3.54. The minimum atomic E-state index is -2.55. The van der Waals surface area contributed by atoms with Gasteiger partial charge in [0.2, 0.25) is 11.8 Å². The van der Waals surface area contributed by atoms with Crippen LogP contribution >= 0.6 is 0 Å². The van der Waals surface area contributed by atoms with Gasteiger partial charge in [-0.1, -0.05) is 0 Å². The fourth-order valence-corrected chi connectivity index (χ4v) is 7.13. The highest BCUT2D eigenvalue weighted by molar-refractivity contribution is 6.10. The Labute approximate surface area is 245 Å². The van der Waals surface area contributed by atoms with Gasteiger partial charge in [0.05, 0.1) is 29.8 Å². The molecular weight excluding hydrogens is 546 g/mol. The van der Waals surface area contributed by atoms with Gasteiger partial charge in [-0.3, -0.25) is 19.2 Å². The first-order chi connectivity index (χ1) is 19.3. The summed E-state index contributed by atoms with van der Waals surface area (Å²) in [6.07, 6.45) is -3.18. The van der Waals surface area contributed by atoms with Gasteiger partial charge in [0.15, 0.2) is 17.2 Å². The van der Waals surface area contributed by atoms with Crippen molar-refractivity contribution in [3.8, 4) is 5.75 Å². The molecule has 0 saturated heterocycles. The number of hydrogen-bond donors (Lipinski definition) is 7. The number of ketones is 2. The lowest BCUT2D eigenvalue weighted by Gasteiger charge is -2.58. The van der Waals surface area contributed by atoms with E-state index >= 15 is 0 Å². The van der Waals surface area contributed by atoms with Crippen molar-refractivity contribution in [2.24, 2.45) is 29.4 Å². The van der Waals surface area contributed by atoms with Crippen molar-refractivity contribution >= 4 is 34.8 Å². The van der Waals surface area contributed by atoms with Crippen molar-refractivity contribution in [2.75, 3.05) is 45.0 Å². The number of rotatable bonds is 6. The molecule has 0 heterocycles. The number of nitrogens with one attached hydrogen (secondary N) is 2. The average molecular weight is 590 g/mol. The number of primary amides is 1. The molecule has 4 rings (SSSR count). The van der Waals surface area contributed by atoms with E-state index in [0.29, 0.717) is 11.3 Å². The number of benzene rings is 1. The van der Waals surface area contributed by atoms with Crippen LogP contribution in [0.15, 0.2) is 6.07 Å². The number of nitrogens with two attached hydrogens (primary N) is 1. The highest BCUT2D eigenvalue weighted by Crippen LogP contribution is 2.54. The van der Waals surface area contributed by atoms with E-state index in [1.807, 2.05) is 20.8 Å². The number of phenols is 1. The van der Waals surface area contributed by atoms with Gasteiger partial charge in [-0.15, -0.1) is 0 Å². The Morgan fingerprint density at radius 3 is 2.29 bits per heavy atom. The predicted octanol–water partition coefficient (Wildman–Crippen LogP) is -1.16. The lowest BCUT2D eigenvalue weighted by Crippen LogP contribution is -2.76. The molecule has 0 radical (unpaired) electrons. The molecule has 3 aliphatic rings. The number of phenolic OH excluding ortho intramolecular Hbond substituents is 1. The summed E-state index contributed by atoms with van der Waals surface area (Å²) < 4.78 is 0. The third kappa shape index (κ3) is 5.06. The molecule has 42 heavy (non-hydrogen) atoms. The number of carbonyl (C=O) groups excluding carboxylic acids is 4. The largest absolute Gasteiger partial charge is 0.505 e. The van der Waals surface area contributed by atoms with Crippen LogP contribution in [0.2, 0.25) is 0 Å². The summed E-state index contributed by atoms with van der Waals surface area (Å²) in [7, 11) is 6.76. The van der Waals surface area contributed by atoms with Crippen molar-refractivity contribution in [3.05, 3.63) is 17.2 Å². The molecule has 1 aromatic rings. The third-order valence-electron chi connectivity index (χ3n) is 9.04. The van der Waals surface area contributed by atoms with E-state index in [-0.39, 0.29) is 36.2 Å². The van der Waals surface area contributed by atoms with E-state index < -0.39 is 76.7 Å². The van der Waals surface area contributed by atoms with Gasteiger partial charge >= 0.3 is 0 Å². The molecule has 13 nitrogen and oxygen atoms in total. The van der Waals surface area contributed by atoms with Crippen LogP contribution in [0.25, 0.3) is 0 Å². The lowest BCUT2D eigenvalue weighted by atomic mass is 9.51. The van der Waals surface area contributed by atoms with Crippen molar-refractivity contribution in [3.63, 3.8) is 0 Å². The maximum absolute atomic E-state index is 14.1. The monoisotopic (exact) mass is 589 g/mol. The minimum Gasteiger partial charge on any atom is -0.505 e. The SMILES string of the molecule is CN(C)c1cc(NC(=O)CNC(C)(C)C)c(O)c2c1C[C@H]1C[C@H]3[C@@H](N(C)C)C(O)C(C(N)=O)C(=O)[C@@]3(O)C(O)C1C2=O. The molecule has 8 N–H and O–H groups in total.